The summed E-state index contributed by atoms with van der Waals surface area (Å²) in [6, 6.07) is 9.03. The van der Waals surface area contributed by atoms with E-state index in [1.807, 2.05) is 12.1 Å². The number of carbonyl (C=O) groups excluding carboxylic acids is 1. The first-order chi connectivity index (χ1) is 11.6. The highest BCUT2D eigenvalue weighted by Crippen LogP contribution is 2.36. The number of nitrogens with two attached hydrogens (primary N) is 1. The van der Waals surface area contributed by atoms with Gasteiger partial charge in [-0.05, 0) is 24.3 Å². The van der Waals surface area contributed by atoms with Crippen molar-refractivity contribution in [2.45, 2.75) is 18.5 Å². The molecule has 6 nitrogen and oxygen atoms in total. The molecule has 0 radical (unpaired) electrons. The highest BCUT2D eigenvalue weighted by atomic mass is 35.5. The molecule has 7 heteroatoms. The monoisotopic (exact) mass is 344 g/mol. The second-order valence-electron chi connectivity index (χ2n) is 6.09. The zero-order valence-corrected chi connectivity index (χ0v) is 13.7. The summed E-state index contributed by atoms with van der Waals surface area (Å²) in [4.78, 5) is 18.8. The molecule has 1 aromatic carbocycles. The molecule has 124 valence electrons. The van der Waals surface area contributed by atoms with Crippen LogP contribution in [-0.4, -0.2) is 35.4 Å². The minimum absolute atomic E-state index is 0.0916. The summed E-state index contributed by atoms with van der Waals surface area (Å²) in [5, 5.41) is 4.05. The summed E-state index contributed by atoms with van der Waals surface area (Å²) in [7, 11) is 0. The number of amidine groups is 1. The molecule has 0 unspecified atom stereocenters. The van der Waals surface area contributed by atoms with Gasteiger partial charge < -0.3 is 20.4 Å². The highest BCUT2D eigenvalue weighted by molar-refractivity contribution is 6.35. The number of nitrogens with one attached hydrogen (secondary N) is 1. The topological polar surface area (TPSA) is 83.9 Å². The van der Waals surface area contributed by atoms with Crippen LogP contribution in [0.1, 0.15) is 29.0 Å². The lowest BCUT2D eigenvalue weighted by Gasteiger charge is -2.42. The smallest absolute Gasteiger partial charge is 0.289 e. The summed E-state index contributed by atoms with van der Waals surface area (Å²) in [5.74, 6) is 0.717. The largest absolute Gasteiger partial charge is 0.459 e. The highest BCUT2D eigenvalue weighted by Gasteiger charge is 2.39. The van der Waals surface area contributed by atoms with Gasteiger partial charge in [0, 0.05) is 31.6 Å². The number of halogens is 1. The minimum atomic E-state index is -0.484. The van der Waals surface area contributed by atoms with Crippen molar-refractivity contribution in [3.8, 4) is 0 Å². The summed E-state index contributed by atoms with van der Waals surface area (Å²) in [5.41, 5.74) is 7.31. The first-order valence-electron chi connectivity index (χ1n) is 7.83. The second kappa shape index (κ2) is 5.56. The van der Waals surface area contributed by atoms with Crippen LogP contribution in [0.2, 0.25) is 5.02 Å². The lowest BCUT2D eigenvalue weighted by atomic mass is 9.93. The van der Waals surface area contributed by atoms with Crippen LogP contribution in [0.15, 0.2) is 46.0 Å². The number of benzene rings is 1. The lowest BCUT2D eigenvalue weighted by Crippen LogP contribution is -2.52. The fourth-order valence-electron chi connectivity index (χ4n) is 3.33. The molecule has 4 rings (SSSR count). The van der Waals surface area contributed by atoms with Gasteiger partial charge in [-0.25, -0.2) is 4.99 Å². The Balaban J connectivity index is 1.54. The summed E-state index contributed by atoms with van der Waals surface area (Å²) < 4.78 is 5.19. The summed E-state index contributed by atoms with van der Waals surface area (Å²) >= 11 is 6.22. The van der Waals surface area contributed by atoms with E-state index in [-0.39, 0.29) is 5.91 Å². The number of rotatable bonds is 1. The van der Waals surface area contributed by atoms with Gasteiger partial charge in [0.15, 0.2) is 5.76 Å². The van der Waals surface area contributed by atoms with E-state index in [2.05, 4.69) is 10.3 Å². The maximum Gasteiger partial charge on any atom is 0.289 e. The maximum absolute atomic E-state index is 12.4. The Morgan fingerprint density at radius 2 is 2.08 bits per heavy atom. The molecular formula is C17H17ClN4O2. The van der Waals surface area contributed by atoms with E-state index < -0.39 is 5.66 Å². The van der Waals surface area contributed by atoms with E-state index in [1.165, 1.54) is 6.26 Å². The number of nitrogens with zero attached hydrogens (tertiary/aromatic N) is 2. The molecule has 1 saturated heterocycles. The van der Waals surface area contributed by atoms with Gasteiger partial charge in [0.2, 0.25) is 0 Å². The number of likely N-dealkylation sites (tertiary alicyclic amines) is 1. The molecule has 24 heavy (non-hydrogen) atoms. The molecular weight excluding hydrogens is 328 g/mol. The van der Waals surface area contributed by atoms with Gasteiger partial charge in [0.1, 0.15) is 11.5 Å². The van der Waals surface area contributed by atoms with Crippen molar-refractivity contribution in [2.24, 2.45) is 10.7 Å². The molecule has 0 atom stereocenters. The third-order valence-corrected chi connectivity index (χ3v) is 4.90. The van der Waals surface area contributed by atoms with Crippen molar-refractivity contribution in [1.29, 1.82) is 0 Å². The van der Waals surface area contributed by atoms with Gasteiger partial charge in [-0.3, -0.25) is 4.79 Å². The fourth-order valence-corrected chi connectivity index (χ4v) is 3.60. The van der Waals surface area contributed by atoms with E-state index in [4.69, 9.17) is 21.8 Å². The van der Waals surface area contributed by atoms with Gasteiger partial charge in [0.25, 0.3) is 5.91 Å². The molecule has 2 aliphatic rings. The van der Waals surface area contributed by atoms with Crippen molar-refractivity contribution < 1.29 is 9.21 Å². The molecule has 3 N–H and O–H groups in total. The molecule has 2 aliphatic heterocycles. The zero-order chi connectivity index (χ0) is 16.7. The Morgan fingerprint density at radius 1 is 1.29 bits per heavy atom. The summed E-state index contributed by atoms with van der Waals surface area (Å²) in [6.07, 6.45) is 2.85. The van der Waals surface area contributed by atoms with Crippen LogP contribution < -0.4 is 11.1 Å². The van der Waals surface area contributed by atoms with Crippen LogP contribution in [-0.2, 0) is 0 Å². The predicted molar refractivity (Wildman–Crippen MR) is 92.4 cm³/mol. The molecule has 2 aromatic rings. The Morgan fingerprint density at radius 3 is 2.79 bits per heavy atom. The third-order valence-electron chi connectivity index (χ3n) is 4.58. The Labute approximate surface area is 144 Å². The Hall–Kier alpha value is -2.47. The molecule has 0 bridgehead atoms. The Bertz CT molecular complexity index is 808. The first-order valence-corrected chi connectivity index (χ1v) is 8.21. The quantitative estimate of drug-likeness (QED) is 0.833. The molecule has 3 heterocycles. The van der Waals surface area contributed by atoms with Gasteiger partial charge in [-0.2, -0.15) is 0 Å². The standard InChI is InChI=1S/C17H17ClN4O2/c18-11-3-1-4-12-14(11)15(19)21-17(20-12)6-8-22(9-7-17)16(23)13-5-2-10-24-13/h1-5,10,20H,6-9H2,(H2,19,21). The molecule has 1 fully saturated rings. The number of furan rings is 1. The number of anilines is 1. The fraction of sp³-hybridized carbons (Fsp3) is 0.294. The normalized spacial score (nSPS) is 18.7. The van der Waals surface area contributed by atoms with Crippen LogP contribution in [0, 0.1) is 0 Å². The third kappa shape index (κ3) is 2.43. The lowest BCUT2D eigenvalue weighted by molar-refractivity contribution is 0.0653. The number of hydrogen-bond acceptors (Lipinski definition) is 5. The van der Waals surface area contributed by atoms with Gasteiger partial charge in [-0.15, -0.1) is 0 Å². The molecule has 0 aliphatic carbocycles. The number of fused-ring (bicyclic) bond motifs is 1. The van der Waals surface area contributed by atoms with Gasteiger partial charge in [0.05, 0.1) is 16.8 Å². The van der Waals surface area contributed by atoms with Crippen molar-refractivity contribution in [2.75, 3.05) is 18.4 Å². The van der Waals surface area contributed by atoms with E-state index in [0.717, 1.165) is 11.3 Å². The summed E-state index contributed by atoms with van der Waals surface area (Å²) in [6.45, 7) is 1.17. The van der Waals surface area contributed by atoms with E-state index in [0.29, 0.717) is 42.5 Å². The number of amides is 1. The van der Waals surface area contributed by atoms with E-state index in [1.54, 1.807) is 23.1 Å². The number of piperidine rings is 1. The van der Waals surface area contributed by atoms with Crippen molar-refractivity contribution in [1.82, 2.24) is 4.90 Å². The average Bonchev–Trinajstić information content (AvgIpc) is 3.09. The number of carbonyl (C=O) groups is 1. The van der Waals surface area contributed by atoms with Crippen LogP contribution in [0.5, 0.6) is 0 Å². The second-order valence-corrected chi connectivity index (χ2v) is 6.49. The van der Waals surface area contributed by atoms with E-state index in [9.17, 15) is 4.79 Å². The SMILES string of the molecule is NC1=NC2(CCN(C(=O)c3ccco3)CC2)Nc2cccc(Cl)c21. The van der Waals surface area contributed by atoms with Gasteiger partial charge >= 0.3 is 0 Å². The number of aliphatic imine (C=N–C) groups is 1. The molecule has 0 saturated carbocycles. The minimum Gasteiger partial charge on any atom is -0.459 e. The van der Waals surface area contributed by atoms with Crippen molar-refractivity contribution in [3.05, 3.63) is 52.9 Å². The molecule has 1 amide bonds. The maximum atomic E-state index is 12.4. The van der Waals surface area contributed by atoms with Crippen molar-refractivity contribution >= 4 is 29.0 Å². The van der Waals surface area contributed by atoms with Crippen LogP contribution in [0.3, 0.4) is 0 Å². The Kier molecular flexibility index (Phi) is 3.49. The first kappa shape index (κ1) is 15.1. The number of hydrogen-bond donors (Lipinski definition) is 2. The predicted octanol–water partition coefficient (Wildman–Crippen LogP) is 2.70. The van der Waals surface area contributed by atoms with E-state index >= 15 is 0 Å². The molecule has 1 aromatic heterocycles. The molecule has 1 spiro atoms. The van der Waals surface area contributed by atoms with Crippen LogP contribution in [0.25, 0.3) is 0 Å². The van der Waals surface area contributed by atoms with Crippen molar-refractivity contribution in [3.63, 3.8) is 0 Å². The van der Waals surface area contributed by atoms with Gasteiger partial charge in [-0.1, -0.05) is 17.7 Å². The zero-order valence-electron chi connectivity index (χ0n) is 13.0. The van der Waals surface area contributed by atoms with Crippen LogP contribution >= 0.6 is 11.6 Å². The van der Waals surface area contributed by atoms with Crippen LogP contribution in [0.4, 0.5) is 5.69 Å². The average molecular weight is 345 g/mol.